The first-order chi connectivity index (χ1) is 9.29. The number of hydrogen-bond donors (Lipinski definition) is 2. The first kappa shape index (κ1) is 14.1. The van der Waals surface area contributed by atoms with Crippen LogP contribution in [0.25, 0.3) is 0 Å². The number of carbonyl (C=O) groups excluding carboxylic acids is 1. The van der Waals surface area contributed by atoms with Gasteiger partial charge < -0.3 is 10.6 Å². The second-order valence-corrected chi connectivity index (χ2v) is 5.30. The second-order valence-electron chi connectivity index (χ2n) is 5.30. The van der Waals surface area contributed by atoms with E-state index in [1.165, 1.54) is 5.56 Å². The van der Waals surface area contributed by atoms with Crippen molar-refractivity contribution in [2.75, 3.05) is 6.54 Å². The fourth-order valence-electron chi connectivity index (χ4n) is 2.60. The molecular weight excluding hydrogens is 236 g/mol. The smallest absolute Gasteiger partial charge is 0.237 e. The molecule has 0 spiro atoms. The third-order valence-corrected chi connectivity index (χ3v) is 3.79. The number of amides is 1. The molecule has 1 aliphatic rings. The zero-order chi connectivity index (χ0) is 13.5. The SMILES string of the molecule is CCC(Cc1ccccc1)NC1CCCCNC1=O. The minimum Gasteiger partial charge on any atom is -0.355 e. The van der Waals surface area contributed by atoms with Crippen LogP contribution in [-0.4, -0.2) is 24.5 Å². The van der Waals surface area contributed by atoms with Gasteiger partial charge in [0.1, 0.15) is 0 Å². The molecule has 1 aromatic rings. The van der Waals surface area contributed by atoms with Gasteiger partial charge in [0.2, 0.25) is 5.91 Å². The van der Waals surface area contributed by atoms with E-state index < -0.39 is 0 Å². The number of benzene rings is 1. The van der Waals surface area contributed by atoms with Crippen LogP contribution in [0.3, 0.4) is 0 Å². The monoisotopic (exact) mass is 260 g/mol. The van der Waals surface area contributed by atoms with E-state index in [1.807, 2.05) is 6.07 Å². The van der Waals surface area contributed by atoms with Crippen LogP contribution in [0, 0.1) is 0 Å². The Kier molecular flexibility index (Phi) is 5.40. The summed E-state index contributed by atoms with van der Waals surface area (Å²) in [6, 6.07) is 10.8. The Balaban J connectivity index is 1.92. The number of carbonyl (C=O) groups is 1. The van der Waals surface area contributed by atoms with Crippen LogP contribution in [0.1, 0.15) is 38.2 Å². The Bertz CT molecular complexity index is 391. The lowest BCUT2D eigenvalue weighted by molar-refractivity contribution is -0.123. The first-order valence-electron chi connectivity index (χ1n) is 7.37. The minimum absolute atomic E-state index is 0.0174. The third-order valence-electron chi connectivity index (χ3n) is 3.79. The van der Waals surface area contributed by atoms with Gasteiger partial charge in [-0.05, 0) is 37.7 Å². The molecule has 1 heterocycles. The van der Waals surface area contributed by atoms with E-state index in [0.29, 0.717) is 6.04 Å². The maximum atomic E-state index is 11.9. The Morgan fingerprint density at radius 1 is 1.32 bits per heavy atom. The summed E-state index contributed by atoms with van der Waals surface area (Å²) < 4.78 is 0. The number of hydrogen-bond acceptors (Lipinski definition) is 2. The van der Waals surface area contributed by atoms with Gasteiger partial charge in [-0.3, -0.25) is 4.79 Å². The normalized spacial score (nSPS) is 21.5. The average Bonchev–Trinajstić information content (AvgIpc) is 2.64. The second kappa shape index (κ2) is 7.29. The summed E-state index contributed by atoms with van der Waals surface area (Å²) in [7, 11) is 0. The fourth-order valence-corrected chi connectivity index (χ4v) is 2.60. The van der Waals surface area contributed by atoms with Crippen molar-refractivity contribution in [2.45, 2.75) is 51.1 Å². The molecule has 0 aliphatic carbocycles. The van der Waals surface area contributed by atoms with Crippen molar-refractivity contribution >= 4 is 5.91 Å². The standard InChI is InChI=1S/C16H24N2O/c1-2-14(12-13-8-4-3-5-9-13)18-15-10-6-7-11-17-16(15)19/h3-5,8-9,14-15,18H,2,6-7,10-12H2,1H3,(H,17,19). The molecule has 2 rings (SSSR count). The molecule has 0 saturated carbocycles. The molecule has 1 aliphatic heterocycles. The van der Waals surface area contributed by atoms with Gasteiger partial charge in [0, 0.05) is 12.6 Å². The van der Waals surface area contributed by atoms with E-state index >= 15 is 0 Å². The predicted octanol–water partition coefficient (Wildman–Crippen LogP) is 2.27. The molecule has 1 saturated heterocycles. The van der Waals surface area contributed by atoms with Crippen LogP contribution in [-0.2, 0) is 11.2 Å². The summed E-state index contributed by atoms with van der Waals surface area (Å²) >= 11 is 0. The predicted molar refractivity (Wildman–Crippen MR) is 78.0 cm³/mol. The summed E-state index contributed by atoms with van der Waals surface area (Å²) in [5.41, 5.74) is 1.33. The van der Waals surface area contributed by atoms with Crippen LogP contribution in [0.15, 0.2) is 30.3 Å². The summed E-state index contributed by atoms with van der Waals surface area (Å²) in [6.07, 6.45) is 5.20. The Morgan fingerprint density at radius 2 is 2.11 bits per heavy atom. The van der Waals surface area contributed by atoms with E-state index in [4.69, 9.17) is 0 Å². The van der Waals surface area contributed by atoms with Crippen LogP contribution < -0.4 is 10.6 Å². The molecule has 0 aromatic heterocycles. The Labute approximate surface area is 115 Å². The largest absolute Gasteiger partial charge is 0.355 e. The highest BCUT2D eigenvalue weighted by Gasteiger charge is 2.22. The highest BCUT2D eigenvalue weighted by molar-refractivity contribution is 5.81. The summed E-state index contributed by atoms with van der Waals surface area (Å²) in [6.45, 7) is 3.00. The van der Waals surface area contributed by atoms with Gasteiger partial charge in [-0.2, -0.15) is 0 Å². The van der Waals surface area contributed by atoms with Crippen molar-refractivity contribution < 1.29 is 4.79 Å². The molecule has 0 radical (unpaired) electrons. The molecule has 1 fully saturated rings. The topological polar surface area (TPSA) is 41.1 Å². The van der Waals surface area contributed by atoms with Crippen LogP contribution in [0.4, 0.5) is 0 Å². The zero-order valence-corrected chi connectivity index (χ0v) is 11.7. The molecule has 3 heteroatoms. The van der Waals surface area contributed by atoms with Gasteiger partial charge in [-0.25, -0.2) is 0 Å². The lowest BCUT2D eigenvalue weighted by Gasteiger charge is -2.23. The van der Waals surface area contributed by atoms with Gasteiger partial charge >= 0.3 is 0 Å². The molecular formula is C16H24N2O. The van der Waals surface area contributed by atoms with Crippen molar-refractivity contribution in [2.24, 2.45) is 0 Å². The average molecular weight is 260 g/mol. The van der Waals surface area contributed by atoms with E-state index in [0.717, 1.165) is 38.6 Å². The van der Waals surface area contributed by atoms with Gasteiger partial charge in [0.15, 0.2) is 0 Å². The minimum atomic E-state index is -0.0174. The summed E-state index contributed by atoms with van der Waals surface area (Å²) in [5, 5.41) is 6.52. The Hall–Kier alpha value is -1.35. The van der Waals surface area contributed by atoms with Gasteiger partial charge in [-0.15, -0.1) is 0 Å². The lowest BCUT2D eigenvalue weighted by atomic mass is 10.0. The first-order valence-corrected chi connectivity index (χ1v) is 7.37. The third kappa shape index (κ3) is 4.35. The van der Waals surface area contributed by atoms with E-state index in [-0.39, 0.29) is 11.9 Å². The van der Waals surface area contributed by atoms with Crippen molar-refractivity contribution in [1.82, 2.24) is 10.6 Å². The van der Waals surface area contributed by atoms with Crippen LogP contribution >= 0.6 is 0 Å². The zero-order valence-electron chi connectivity index (χ0n) is 11.7. The Morgan fingerprint density at radius 3 is 2.84 bits per heavy atom. The highest BCUT2D eigenvalue weighted by atomic mass is 16.2. The highest BCUT2D eigenvalue weighted by Crippen LogP contribution is 2.10. The van der Waals surface area contributed by atoms with Gasteiger partial charge in [-0.1, -0.05) is 37.3 Å². The molecule has 1 aromatic carbocycles. The van der Waals surface area contributed by atoms with Crippen molar-refractivity contribution in [3.63, 3.8) is 0 Å². The molecule has 2 unspecified atom stereocenters. The number of nitrogens with one attached hydrogen (secondary N) is 2. The maximum Gasteiger partial charge on any atom is 0.237 e. The summed E-state index contributed by atoms with van der Waals surface area (Å²) in [4.78, 5) is 11.9. The molecule has 0 bridgehead atoms. The van der Waals surface area contributed by atoms with E-state index in [2.05, 4.69) is 41.8 Å². The molecule has 2 N–H and O–H groups in total. The fraction of sp³-hybridized carbons (Fsp3) is 0.562. The van der Waals surface area contributed by atoms with Gasteiger partial charge in [0.05, 0.1) is 6.04 Å². The van der Waals surface area contributed by atoms with E-state index in [1.54, 1.807) is 0 Å². The van der Waals surface area contributed by atoms with Gasteiger partial charge in [0.25, 0.3) is 0 Å². The van der Waals surface area contributed by atoms with E-state index in [9.17, 15) is 4.79 Å². The quantitative estimate of drug-likeness (QED) is 0.852. The van der Waals surface area contributed by atoms with Crippen LogP contribution in [0.2, 0.25) is 0 Å². The molecule has 19 heavy (non-hydrogen) atoms. The van der Waals surface area contributed by atoms with Crippen molar-refractivity contribution in [3.8, 4) is 0 Å². The summed E-state index contributed by atoms with van der Waals surface area (Å²) in [5.74, 6) is 0.170. The van der Waals surface area contributed by atoms with Crippen molar-refractivity contribution in [3.05, 3.63) is 35.9 Å². The molecule has 104 valence electrons. The molecule has 3 nitrogen and oxygen atoms in total. The van der Waals surface area contributed by atoms with Crippen molar-refractivity contribution in [1.29, 1.82) is 0 Å². The van der Waals surface area contributed by atoms with Crippen LogP contribution in [0.5, 0.6) is 0 Å². The molecule has 1 amide bonds. The lowest BCUT2D eigenvalue weighted by Crippen LogP contribution is -2.47. The number of rotatable bonds is 5. The molecule has 2 atom stereocenters. The maximum absolute atomic E-state index is 11.9.